The number of amides is 1. The zero-order valence-corrected chi connectivity index (χ0v) is 27.6. The fraction of sp³-hybridized carbons (Fsp3) is 0.536. The lowest BCUT2D eigenvalue weighted by Gasteiger charge is -2.38. The highest BCUT2D eigenvalue weighted by molar-refractivity contribution is 7.17. The van der Waals surface area contributed by atoms with E-state index in [4.69, 9.17) is 47.1 Å². The summed E-state index contributed by atoms with van der Waals surface area (Å²) in [6.07, 6.45) is 3.35. The molecule has 0 saturated carbocycles. The quantitative estimate of drug-likeness (QED) is 0.212. The molecule has 3 aromatic rings. The van der Waals surface area contributed by atoms with Crippen molar-refractivity contribution >= 4 is 57.4 Å². The zero-order valence-electron chi connectivity index (χ0n) is 25.2. The summed E-state index contributed by atoms with van der Waals surface area (Å²) in [6.45, 7) is 7.89. The molecule has 16 heteroatoms. The number of aryl methyl sites for hydroxylation is 1. The maximum atomic E-state index is 13.0. The van der Waals surface area contributed by atoms with Gasteiger partial charge in [0.2, 0.25) is 0 Å². The number of hydrogen-bond acceptors (Lipinski definition) is 12. The molecular weight excluding hydrogens is 633 g/mol. The van der Waals surface area contributed by atoms with Crippen LogP contribution in [0.3, 0.4) is 0 Å². The Morgan fingerprint density at radius 2 is 1.89 bits per heavy atom. The maximum absolute atomic E-state index is 13.0. The van der Waals surface area contributed by atoms with Gasteiger partial charge in [0.25, 0.3) is 5.91 Å². The Bertz CT molecular complexity index is 1410. The number of H-pyrrole nitrogens is 1. The molecule has 240 valence electrons. The van der Waals surface area contributed by atoms with Gasteiger partial charge < -0.3 is 39.5 Å². The molecule has 0 radical (unpaired) electrons. The Balaban J connectivity index is 1.54. The van der Waals surface area contributed by atoms with Gasteiger partial charge in [0, 0.05) is 39.6 Å². The fourth-order valence-corrected chi connectivity index (χ4v) is 6.25. The number of hydrogen-bond donors (Lipinski definition) is 3. The van der Waals surface area contributed by atoms with Crippen LogP contribution < -0.4 is 15.5 Å². The second-order valence-electron chi connectivity index (χ2n) is 9.99. The predicted molar refractivity (Wildman–Crippen MR) is 169 cm³/mol. The van der Waals surface area contributed by atoms with Gasteiger partial charge in [-0.25, -0.2) is 19.7 Å². The molecule has 4 heterocycles. The van der Waals surface area contributed by atoms with Crippen molar-refractivity contribution < 1.29 is 28.5 Å². The van der Waals surface area contributed by atoms with Gasteiger partial charge in [0.05, 0.1) is 60.4 Å². The number of carbonyl (C=O) groups is 2. The van der Waals surface area contributed by atoms with Gasteiger partial charge in [-0.2, -0.15) is 0 Å². The van der Waals surface area contributed by atoms with Crippen molar-refractivity contribution in [2.45, 2.75) is 45.4 Å². The first kappa shape index (κ1) is 33.9. The van der Waals surface area contributed by atoms with Gasteiger partial charge in [-0.1, -0.05) is 34.5 Å². The molecule has 1 aliphatic rings. The summed E-state index contributed by atoms with van der Waals surface area (Å²) in [4.78, 5) is 45.1. The number of halogens is 2. The van der Waals surface area contributed by atoms with E-state index in [-0.39, 0.29) is 41.4 Å². The lowest BCUT2D eigenvalue weighted by molar-refractivity contribution is 0.0272. The summed E-state index contributed by atoms with van der Waals surface area (Å²) >= 11 is 13.7. The second kappa shape index (κ2) is 15.8. The molecule has 1 fully saturated rings. The van der Waals surface area contributed by atoms with E-state index in [1.807, 2.05) is 11.8 Å². The molecule has 0 bridgehead atoms. The smallest absolute Gasteiger partial charge is 0.350 e. The van der Waals surface area contributed by atoms with Crippen LogP contribution in [0.4, 0.5) is 10.9 Å². The normalized spacial score (nSPS) is 16.8. The highest BCUT2D eigenvalue weighted by Gasteiger charge is 2.34. The van der Waals surface area contributed by atoms with E-state index in [9.17, 15) is 9.59 Å². The van der Waals surface area contributed by atoms with Crippen molar-refractivity contribution in [2.24, 2.45) is 0 Å². The van der Waals surface area contributed by atoms with Gasteiger partial charge in [-0.3, -0.25) is 4.79 Å². The molecular formula is C28H37Cl2N7O6S. The standard InChI is InChI=1S/C28H37Cl2N7O6S/c1-6-42-19-12-37(9-8-17(19)35-26(38)24-22(30)21(29)15(3)33-24)28-36-23(25(44-28)27(39)43-7-2)18-10-32-20(11-31-18)34-16(13-40-4)14-41-5/h10-11,16-17,19,33H,6-9,12-14H2,1-5H3,(H,32,34)(H,35,38)/t17-,19+/m1/s1. The monoisotopic (exact) mass is 669 g/mol. The maximum Gasteiger partial charge on any atom is 0.350 e. The predicted octanol–water partition coefficient (Wildman–Crippen LogP) is 4.21. The number of piperidine rings is 1. The van der Waals surface area contributed by atoms with Gasteiger partial charge in [-0.05, 0) is 27.2 Å². The molecule has 0 aromatic carbocycles. The summed E-state index contributed by atoms with van der Waals surface area (Å²) in [5.74, 6) is -0.319. The van der Waals surface area contributed by atoms with E-state index in [0.29, 0.717) is 77.3 Å². The van der Waals surface area contributed by atoms with Crippen LogP contribution in [0.25, 0.3) is 11.4 Å². The van der Waals surface area contributed by atoms with E-state index in [1.165, 1.54) is 11.3 Å². The van der Waals surface area contributed by atoms with Gasteiger partial charge >= 0.3 is 5.97 Å². The number of aromatic amines is 1. The van der Waals surface area contributed by atoms with Crippen molar-refractivity contribution in [2.75, 3.05) is 64.0 Å². The molecule has 44 heavy (non-hydrogen) atoms. The molecule has 1 amide bonds. The van der Waals surface area contributed by atoms with Crippen LogP contribution in [-0.2, 0) is 18.9 Å². The first-order chi connectivity index (χ1) is 21.2. The third kappa shape index (κ3) is 7.98. The molecule has 3 aromatic heterocycles. The van der Waals surface area contributed by atoms with Crippen molar-refractivity contribution in [3.63, 3.8) is 0 Å². The van der Waals surface area contributed by atoms with Crippen molar-refractivity contribution in [1.82, 2.24) is 25.3 Å². The third-order valence-electron chi connectivity index (χ3n) is 6.87. The summed E-state index contributed by atoms with van der Waals surface area (Å²) < 4.78 is 21.8. The minimum absolute atomic E-state index is 0.112. The number of carbonyl (C=O) groups excluding carboxylic acids is 2. The Morgan fingerprint density at radius 3 is 2.48 bits per heavy atom. The third-order valence-corrected chi connectivity index (χ3v) is 8.91. The number of thiazole rings is 1. The van der Waals surface area contributed by atoms with Crippen LogP contribution in [0.15, 0.2) is 12.4 Å². The van der Waals surface area contributed by atoms with E-state index >= 15 is 0 Å². The zero-order chi connectivity index (χ0) is 31.8. The Morgan fingerprint density at radius 1 is 1.14 bits per heavy atom. The van der Waals surface area contributed by atoms with E-state index in [1.54, 1.807) is 40.5 Å². The summed E-state index contributed by atoms with van der Waals surface area (Å²) in [7, 11) is 3.23. The highest BCUT2D eigenvalue weighted by atomic mass is 35.5. The number of rotatable bonds is 14. The average Bonchev–Trinajstić information content (AvgIpc) is 3.56. The van der Waals surface area contributed by atoms with Crippen LogP contribution >= 0.6 is 34.5 Å². The summed E-state index contributed by atoms with van der Waals surface area (Å²) in [5, 5.41) is 7.38. The number of methoxy groups -OCH3 is 2. The van der Waals surface area contributed by atoms with Crippen LogP contribution in [0.5, 0.6) is 0 Å². The number of nitrogens with zero attached hydrogens (tertiary/aromatic N) is 4. The van der Waals surface area contributed by atoms with Gasteiger partial charge in [0.15, 0.2) is 5.13 Å². The molecule has 13 nitrogen and oxygen atoms in total. The van der Waals surface area contributed by atoms with E-state index in [2.05, 4.69) is 25.6 Å². The Labute approximate surface area is 269 Å². The van der Waals surface area contributed by atoms with Gasteiger partial charge in [0.1, 0.15) is 27.8 Å². The number of anilines is 2. The number of nitrogens with one attached hydrogen (secondary N) is 3. The molecule has 0 unspecified atom stereocenters. The average molecular weight is 671 g/mol. The molecule has 0 aliphatic carbocycles. The fourth-order valence-electron chi connectivity index (χ4n) is 4.83. The molecule has 4 rings (SSSR count). The molecule has 2 atom stereocenters. The molecule has 1 aliphatic heterocycles. The minimum Gasteiger partial charge on any atom is -0.462 e. The number of ether oxygens (including phenoxy) is 4. The SMILES string of the molecule is CCOC(=O)c1sc(N2CC[C@@H](NC(=O)c3[nH]c(C)c(Cl)c3Cl)[C@@H](OCC)C2)nc1-c1cnc(NC(COC)COC)cn1. The van der Waals surface area contributed by atoms with E-state index < -0.39 is 5.97 Å². The molecule has 1 saturated heterocycles. The minimum atomic E-state index is -0.490. The van der Waals surface area contributed by atoms with Crippen molar-refractivity contribution in [3.8, 4) is 11.4 Å². The van der Waals surface area contributed by atoms with Crippen molar-refractivity contribution in [3.05, 3.63) is 38.7 Å². The lowest BCUT2D eigenvalue weighted by atomic mass is 10.0. The van der Waals surface area contributed by atoms with E-state index in [0.717, 1.165) is 0 Å². The van der Waals surface area contributed by atoms with Crippen LogP contribution in [0.1, 0.15) is 46.1 Å². The Hall–Kier alpha value is -3.01. The van der Waals surface area contributed by atoms with Crippen LogP contribution in [0, 0.1) is 6.92 Å². The topological polar surface area (TPSA) is 153 Å². The number of esters is 1. The second-order valence-corrected chi connectivity index (χ2v) is 11.7. The first-order valence-electron chi connectivity index (χ1n) is 14.2. The first-order valence-corrected chi connectivity index (χ1v) is 15.7. The summed E-state index contributed by atoms with van der Waals surface area (Å²) in [5.41, 5.74) is 1.64. The molecule has 3 N–H and O–H groups in total. The number of aromatic nitrogens is 4. The van der Waals surface area contributed by atoms with Crippen LogP contribution in [0.2, 0.25) is 10.0 Å². The van der Waals surface area contributed by atoms with Gasteiger partial charge in [-0.15, -0.1) is 0 Å². The lowest BCUT2D eigenvalue weighted by Crippen LogP contribution is -2.55. The van der Waals surface area contributed by atoms with Crippen LogP contribution in [-0.4, -0.2) is 104 Å². The van der Waals surface area contributed by atoms with Crippen molar-refractivity contribution in [1.29, 1.82) is 0 Å². The molecule has 0 spiro atoms. The Kier molecular flexibility index (Phi) is 12.2. The highest BCUT2D eigenvalue weighted by Crippen LogP contribution is 2.35. The largest absolute Gasteiger partial charge is 0.462 e. The summed E-state index contributed by atoms with van der Waals surface area (Å²) in [6, 6.07) is -0.397.